The summed E-state index contributed by atoms with van der Waals surface area (Å²) in [4.78, 5) is 24.7. The van der Waals surface area contributed by atoms with Gasteiger partial charge in [0.25, 0.3) is 5.91 Å². The van der Waals surface area contributed by atoms with Gasteiger partial charge in [-0.1, -0.05) is 30.3 Å². The lowest BCUT2D eigenvalue weighted by Crippen LogP contribution is -2.33. The Morgan fingerprint density at radius 2 is 1.71 bits per heavy atom. The quantitative estimate of drug-likeness (QED) is 0.308. The second kappa shape index (κ2) is 10.5. The zero-order valence-electron chi connectivity index (χ0n) is 19.4. The summed E-state index contributed by atoms with van der Waals surface area (Å²) >= 11 is 0. The van der Waals surface area contributed by atoms with Gasteiger partial charge >= 0.3 is 12.1 Å². The number of carbonyl (C=O) groups is 2. The number of benzene rings is 2. The van der Waals surface area contributed by atoms with E-state index in [9.17, 15) is 22.8 Å². The molecular formula is C25H25F3N4O3. The van der Waals surface area contributed by atoms with E-state index in [1.165, 1.54) is 32.0 Å². The molecule has 0 saturated heterocycles. The smallest absolute Gasteiger partial charge is 0.418 e. The van der Waals surface area contributed by atoms with Crippen molar-refractivity contribution in [2.24, 2.45) is 0 Å². The van der Waals surface area contributed by atoms with Crippen molar-refractivity contribution in [3.8, 4) is 0 Å². The Morgan fingerprint density at radius 3 is 2.40 bits per heavy atom. The Hall–Kier alpha value is -4.08. The second-order valence-corrected chi connectivity index (χ2v) is 7.93. The van der Waals surface area contributed by atoms with E-state index < -0.39 is 30.2 Å². The Morgan fingerprint density at radius 1 is 1.06 bits per heavy atom. The highest BCUT2D eigenvalue weighted by molar-refractivity contribution is 6.00. The number of alkyl halides is 3. The fraction of sp³-hybridized carbons (Fsp3) is 0.240. The number of carbonyl (C=O) groups excluding carboxylic acids is 2. The van der Waals surface area contributed by atoms with Crippen LogP contribution in [0, 0.1) is 12.3 Å². The molecule has 184 valence electrons. The molecule has 35 heavy (non-hydrogen) atoms. The van der Waals surface area contributed by atoms with Gasteiger partial charge in [-0.3, -0.25) is 9.59 Å². The number of ether oxygens (including phenoxy) is 1. The van der Waals surface area contributed by atoms with E-state index in [1.54, 1.807) is 4.57 Å². The lowest BCUT2D eigenvalue weighted by Gasteiger charge is -2.18. The summed E-state index contributed by atoms with van der Waals surface area (Å²) in [5.41, 5.74) is 0.642. The van der Waals surface area contributed by atoms with Gasteiger partial charge in [-0.2, -0.15) is 13.2 Å². The number of aromatic nitrogens is 1. The molecule has 0 atom stereocenters. The minimum absolute atomic E-state index is 0.0183. The van der Waals surface area contributed by atoms with Gasteiger partial charge in [-0.25, -0.2) is 0 Å². The minimum atomic E-state index is -4.58. The maximum absolute atomic E-state index is 13.3. The number of fused-ring (bicyclic) bond motifs is 1. The molecule has 0 unspecified atom stereocenters. The molecule has 0 fully saturated rings. The Bertz CT molecular complexity index is 1310. The number of nitrogens with zero attached hydrogens (tertiary/aromatic N) is 1. The highest BCUT2D eigenvalue weighted by atomic mass is 19.4. The molecule has 3 rings (SSSR count). The van der Waals surface area contributed by atoms with Crippen LogP contribution in [0.5, 0.6) is 0 Å². The number of hydrogen-bond donors (Lipinski definition) is 3. The number of rotatable bonds is 8. The molecule has 1 heterocycles. The predicted molar refractivity (Wildman–Crippen MR) is 127 cm³/mol. The van der Waals surface area contributed by atoms with Crippen molar-refractivity contribution in [1.82, 2.24) is 9.88 Å². The molecule has 0 bridgehead atoms. The molecule has 0 aliphatic carbocycles. The Balaban J connectivity index is 1.66. The first-order valence-corrected chi connectivity index (χ1v) is 10.7. The first-order chi connectivity index (χ1) is 16.5. The Labute approximate surface area is 200 Å². The number of halogens is 3. The van der Waals surface area contributed by atoms with E-state index >= 15 is 0 Å². The van der Waals surface area contributed by atoms with Crippen molar-refractivity contribution in [2.45, 2.75) is 33.5 Å². The molecule has 0 aliphatic rings. The minimum Gasteiger partial charge on any atom is -0.454 e. The summed E-state index contributed by atoms with van der Waals surface area (Å²) in [7, 11) is 0. The third-order valence-corrected chi connectivity index (χ3v) is 5.24. The molecule has 0 radical (unpaired) electrons. The second-order valence-electron chi connectivity index (χ2n) is 7.93. The van der Waals surface area contributed by atoms with E-state index in [4.69, 9.17) is 10.1 Å². The molecule has 0 saturated carbocycles. The molecule has 10 heteroatoms. The van der Waals surface area contributed by atoms with Crippen LogP contribution in [0.2, 0.25) is 0 Å². The van der Waals surface area contributed by atoms with Gasteiger partial charge in [0.05, 0.1) is 22.7 Å². The zero-order chi connectivity index (χ0) is 25.8. The third kappa shape index (κ3) is 6.28. The lowest BCUT2D eigenvalue weighted by molar-refractivity contribution is -0.148. The number of aryl methyl sites for hydroxylation is 1. The first kappa shape index (κ1) is 25.5. The fourth-order valence-corrected chi connectivity index (χ4v) is 3.63. The predicted octanol–water partition coefficient (Wildman–Crippen LogP) is 5.01. The van der Waals surface area contributed by atoms with Gasteiger partial charge in [0, 0.05) is 16.9 Å². The van der Waals surface area contributed by atoms with Gasteiger partial charge in [-0.15, -0.1) is 0 Å². The van der Waals surface area contributed by atoms with Crippen molar-refractivity contribution in [2.75, 3.05) is 11.9 Å². The fourth-order valence-electron chi connectivity index (χ4n) is 3.63. The number of para-hydroxylation sites is 2. The number of amides is 1. The van der Waals surface area contributed by atoms with Crippen molar-refractivity contribution in [3.63, 3.8) is 0 Å². The van der Waals surface area contributed by atoms with Gasteiger partial charge in [0.1, 0.15) is 6.54 Å². The van der Waals surface area contributed by atoms with E-state index in [2.05, 4.69) is 10.6 Å². The first-order valence-electron chi connectivity index (χ1n) is 10.7. The SMILES string of the molecule is CC(=N)/C(NC(=O)COC(=O)Cn1c(C)cc2ccccc21)=C(/C)Nc1ccccc1C(F)(F)F. The van der Waals surface area contributed by atoms with Crippen molar-refractivity contribution >= 4 is 34.2 Å². The van der Waals surface area contributed by atoms with Crippen LogP contribution >= 0.6 is 0 Å². The van der Waals surface area contributed by atoms with Crippen molar-refractivity contribution in [3.05, 3.63) is 77.2 Å². The van der Waals surface area contributed by atoms with Gasteiger partial charge < -0.3 is 25.3 Å². The summed E-state index contributed by atoms with van der Waals surface area (Å²) in [5.74, 6) is -1.35. The average Bonchev–Trinajstić information content (AvgIpc) is 3.10. The van der Waals surface area contributed by atoms with Crippen molar-refractivity contribution in [1.29, 1.82) is 5.41 Å². The number of nitrogens with one attached hydrogen (secondary N) is 3. The monoisotopic (exact) mass is 486 g/mol. The summed E-state index contributed by atoms with van der Waals surface area (Å²) in [6.45, 7) is 3.97. The van der Waals surface area contributed by atoms with Gasteiger partial charge in [0.15, 0.2) is 6.61 Å². The molecular weight excluding hydrogens is 461 g/mol. The molecule has 0 aliphatic heterocycles. The zero-order valence-corrected chi connectivity index (χ0v) is 19.4. The molecule has 1 amide bonds. The van der Waals surface area contributed by atoms with Gasteiger partial charge in [0.2, 0.25) is 0 Å². The normalized spacial score (nSPS) is 12.2. The molecule has 0 spiro atoms. The van der Waals surface area contributed by atoms with Crippen LogP contribution in [0.3, 0.4) is 0 Å². The van der Waals surface area contributed by atoms with Crippen LogP contribution in [0.25, 0.3) is 10.9 Å². The summed E-state index contributed by atoms with van der Waals surface area (Å²) in [6, 6.07) is 14.4. The number of esters is 1. The molecule has 3 aromatic rings. The number of anilines is 1. The number of hydrogen-bond acceptors (Lipinski definition) is 5. The van der Waals surface area contributed by atoms with E-state index in [0.29, 0.717) is 0 Å². The lowest BCUT2D eigenvalue weighted by atomic mass is 10.1. The van der Waals surface area contributed by atoms with Crippen LogP contribution in [-0.4, -0.2) is 28.8 Å². The molecule has 1 aromatic heterocycles. The highest BCUT2D eigenvalue weighted by Crippen LogP contribution is 2.35. The van der Waals surface area contributed by atoms with Crippen LogP contribution in [-0.2, 0) is 27.0 Å². The van der Waals surface area contributed by atoms with Crippen LogP contribution in [0.4, 0.5) is 18.9 Å². The maximum atomic E-state index is 13.3. The van der Waals surface area contributed by atoms with Crippen LogP contribution in [0.15, 0.2) is 66.0 Å². The largest absolute Gasteiger partial charge is 0.454 e. The van der Waals surface area contributed by atoms with Gasteiger partial charge in [-0.05, 0) is 50.4 Å². The molecule has 7 nitrogen and oxygen atoms in total. The number of allylic oxidation sites excluding steroid dienone is 2. The average molecular weight is 486 g/mol. The molecule has 3 N–H and O–H groups in total. The van der Waals surface area contributed by atoms with E-state index in [1.807, 2.05) is 37.3 Å². The standard InChI is InChI=1S/C25H25F3N4O3/c1-15-12-18-8-4-7-11-21(18)32(15)13-23(34)35-14-22(33)31-24(16(2)29)17(3)30-20-10-6-5-9-19(20)25(26,27)28/h4-12,29-30H,13-14H2,1-3H3,(H,31,33)/b24-17+,29-16?. The Kier molecular flexibility index (Phi) is 7.63. The molecule has 2 aromatic carbocycles. The highest BCUT2D eigenvalue weighted by Gasteiger charge is 2.33. The topological polar surface area (TPSA) is 96.2 Å². The van der Waals surface area contributed by atoms with Crippen molar-refractivity contribution < 1.29 is 27.5 Å². The summed E-state index contributed by atoms with van der Waals surface area (Å²) < 4.78 is 46.7. The summed E-state index contributed by atoms with van der Waals surface area (Å²) in [6.07, 6.45) is -4.58. The third-order valence-electron chi connectivity index (χ3n) is 5.24. The summed E-state index contributed by atoms with van der Waals surface area (Å²) in [5, 5.41) is 13.9. The maximum Gasteiger partial charge on any atom is 0.418 e. The van der Waals surface area contributed by atoms with E-state index in [0.717, 1.165) is 22.7 Å². The van der Waals surface area contributed by atoms with E-state index in [-0.39, 0.29) is 29.3 Å². The van der Waals surface area contributed by atoms with Crippen LogP contribution in [0.1, 0.15) is 25.1 Å². The van der Waals surface area contributed by atoms with Crippen LogP contribution < -0.4 is 10.6 Å².